The lowest BCUT2D eigenvalue weighted by atomic mass is 9.96. The van der Waals surface area contributed by atoms with Gasteiger partial charge in [-0.25, -0.2) is 4.79 Å². The van der Waals surface area contributed by atoms with Crippen molar-refractivity contribution in [3.63, 3.8) is 0 Å². The van der Waals surface area contributed by atoms with Crippen molar-refractivity contribution in [2.24, 2.45) is 0 Å². The van der Waals surface area contributed by atoms with Gasteiger partial charge in [-0.3, -0.25) is 4.79 Å². The second kappa shape index (κ2) is 4.90. The summed E-state index contributed by atoms with van der Waals surface area (Å²) in [5.74, 6) is -0.623. The van der Waals surface area contributed by atoms with Crippen LogP contribution in [0.2, 0.25) is 0 Å². The maximum Gasteiger partial charge on any atom is 0.328 e. The summed E-state index contributed by atoms with van der Waals surface area (Å²) in [6.45, 7) is 2.01. The number of hydrogen-bond acceptors (Lipinski definition) is 2. The van der Waals surface area contributed by atoms with Crippen molar-refractivity contribution in [2.45, 2.75) is 57.5 Å². The van der Waals surface area contributed by atoms with Crippen molar-refractivity contribution in [3.05, 3.63) is 11.6 Å². The third kappa shape index (κ3) is 2.51. The Labute approximate surface area is 101 Å². The van der Waals surface area contributed by atoms with Gasteiger partial charge in [-0.2, -0.15) is 0 Å². The van der Waals surface area contributed by atoms with Crippen LogP contribution in [-0.2, 0) is 9.59 Å². The van der Waals surface area contributed by atoms with Crippen molar-refractivity contribution in [1.82, 2.24) is 4.90 Å². The Balaban J connectivity index is 2.08. The highest BCUT2D eigenvalue weighted by atomic mass is 16.4. The third-order valence-electron chi connectivity index (χ3n) is 3.69. The van der Waals surface area contributed by atoms with Crippen LogP contribution in [0.4, 0.5) is 0 Å². The molecule has 2 heterocycles. The smallest absolute Gasteiger partial charge is 0.328 e. The monoisotopic (exact) mass is 237 g/mol. The van der Waals surface area contributed by atoms with E-state index in [1.54, 1.807) is 0 Å². The molecule has 0 aliphatic carbocycles. The summed E-state index contributed by atoms with van der Waals surface area (Å²) in [6.07, 6.45) is 6.37. The van der Waals surface area contributed by atoms with Crippen molar-refractivity contribution in [2.75, 3.05) is 0 Å². The topological polar surface area (TPSA) is 57.6 Å². The maximum absolute atomic E-state index is 12.0. The summed E-state index contributed by atoms with van der Waals surface area (Å²) >= 11 is 0. The van der Waals surface area contributed by atoms with Crippen LogP contribution in [0.5, 0.6) is 0 Å². The molecule has 2 atom stereocenters. The Morgan fingerprint density at radius 1 is 1.35 bits per heavy atom. The Bertz CT molecular complexity index is 346. The van der Waals surface area contributed by atoms with Crippen LogP contribution in [0.25, 0.3) is 0 Å². The molecule has 0 spiro atoms. The van der Waals surface area contributed by atoms with E-state index in [-0.39, 0.29) is 18.0 Å². The molecule has 94 valence electrons. The summed E-state index contributed by atoms with van der Waals surface area (Å²) in [7, 11) is 0. The molecule has 2 saturated heterocycles. The zero-order valence-corrected chi connectivity index (χ0v) is 10.2. The maximum atomic E-state index is 12.0. The first-order valence-corrected chi connectivity index (χ1v) is 6.35. The fraction of sp³-hybridized carbons (Fsp3) is 0.692. The molecule has 4 nitrogen and oxygen atoms in total. The number of nitrogens with zero attached hydrogens (tertiary/aromatic N) is 1. The quantitative estimate of drug-likeness (QED) is 0.763. The normalized spacial score (nSPS) is 27.1. The van der Waals surface area contributed by atoms with Gasteiger partial charge in [0.2, 0.25) is 5.91 Å². The summed E-state index contributed by atoms with van der Waals surface area (Å²) in [6, 6.07) is 0.497. The Morgan fingerprint density at radius 3 is 2.41 bits per heavy atom. The predicted octanol–water partition coefficient (Wildman–Crippen LogP) is 1.95. The van der Waals surface area contributed by atoms with Crippen molar-refractivity contribution >= 4 is 11.9 Å². The van der Waals surface area contributed by atoms with Gasteiger partial charge < -0.3 is 10.0 Å². The van der Waals surface area contributed by atoms with E-state index in [9.17, 15) is 9.59 Å². The second-order valence-electron chi connectivity index (χ2n) is 4.99. The average Bonchev–Trinajstić information content (AvgIpc) is 2.50. The molecule has 2 aliphatic heterocycles. The third-order valence-corrected chi connectivity index (χ3v) is 3.69. The van der Waals surface area contributed by atoms with Crippen LogP contribution >= 0.6 is 0 Å². The Kier molecular flexibility index (Phi) is 3.50. The zero-order chi connectivity index (χ0) is 12.4. The molecule has 1 amide bonds. The van der Waals surface area contributed by atoms with E-state index in [1.807, 2.05) is 11.8 Å². The molecule has 0 radical (unpaired) electrons. The summed E-state index contributed by atoms with van der Waals surface area (Å²) in [5, 5.41) is 8.76. The molecule has 2 bridgehead atoms. The fourth-order valence-electron chi connectivity index (χ4n) is 3.09. The van der Waals surface area contributed by atoms with Gasteiger partial charge in [0, 0.05) is 24.6 Å². The van der Waals surface area contributed by atoms with Crippen LogP contribution in [0.15, 0.2) is 11.6 Å². The van der Waals surface area contributed by atoms with E-state index in [2.05, 4.69) is 0 Å². The minimum atomic E-state index is -0.868. The first kappa shape index (κ1) is 12.1. The second-order valence-corrected chi connectivity index (χ2v) is 4.99. The minimum Gasteiger partial charge on any atom is -0.478 e. The van der Waals surface area contributed by atoms with Crippen LogP contribution < -0.4 is 0 Å². The van der Waals surface area contributed by atoms with Crippen LogP contribution in [0.3, 0.4) is 0 Å². The Morgan fingerprint density at radius 2 is 1.94 bits per heavy atom. The molecule has 0 aromatic rings. The molecule has 2 unspecified atom stereocenters. The number of fused-ring (bicyclic) bond motifs is 2. The number of rotatable bonds is 3. The van der Waals surface area contributed by atoms with Gasteiger partial charge in [-0.05, 0) is 32.1 Å². The van der Waals surface area contributed by atoms with E-state index in [0.717, 1.165) is 37.7 Å². The van der Waals surface area contributed by atoms with Crippen molar-refractivity contribution < 1.29 is 14.7 Å². The molecule has 0 aromatic heterocycles. The van der Waals surface area contributed by atoms with Gasteiger partial charge in [0.25, 0.3) is 0 Å². The zero-order valence-electron chi connectivity index (χ0n) is 10.2. The van der Waals surface area contributed by atoms with Gasteiger partial charge in [0.1, 0.15) is 0 Å². The molecule has 4 heteroatoms. The SMILES string of the molecule is CCCC(=O)N1C2CCC1CC(=CC(=O)O)C2. The molecular weight excluding hydrogens is 218 g/mol. The van der Waals surface area contributed by atoms with Gasteiger partial charge in [0.15, 0.2) is 0 Å². The van der Waals surface area contributed by atoms with Gasteiger partial charge in [0.05, 0.1) is 0 Å². The highest BCUT2D eigenvalue weighted by molar-refractivity contribution is 5.81. The molecule has 0 saturated carbocycles. The summed E-state index contributed by atoms with van der Waals surface area (Å²) in [5.41, 5.74) is 0.991. The van der Waals surface area contributed by atoms with Gasteiger partial charge in [-0.15, -0.1) is 0 Å². The van der Waals surface area contributed by atoms with Crippen LogP contribution in [0, 0.1) is 0 Å². The minimum absolute atomic E-state index is 0.245. The highest BCUT2D eigenvalue weighted by Gasteiger charge is 2.40. The lowest BCUT2D eigenvalue weighted by molar-refractivity contribution is -0.134. The van der Waals surface area contributed by atoms with Crippen LogP contribution in [0.1, 0.15) is 45.4 Å². The lowest BCUT2D eigenvalue weighted by Crippen LogP contribution is -2.44. The summed E-state index contributed by atoms with van der Waals surface area (Å²) < 4.78 is 0. The van der Waals surface area contributed by atoms with E-state index in [0.29, 0.717) is 6.42 Å². The molecule has 0 aromatic carbocycles. The lowest BCUT2D eigenvalue weighted by Gasteiger charge is -2.36. The molecule has 2 aliphatic rings. The van der Waals surface area contributed by atoms with E-state index < -0.39 is 5.97 Å². The number of carbonyl (C=O) groups is 2. The highest BCUT2D eigenvalue weighted by Crippen LogP contribution is 2.38. The molecule has 2 fully saturated rings. The standard InChI is InChI=1S/C13H19NO3/c1-2-3-12(15)14-10-4-5-11(14)7-9(6-10)8-13(16)17/h8,10-11H,2-7H2,1H3,(H,16,17). The van der Waals surface area contributed by atoms with E-state index >= 15 is 0 Å². The molecule has 1 N–H and O–H groups in total. The largest absolute Gasteiger partial charge is 0.478 e. The number of carbonyl (C=O) groups excluding carboxylic acids is 1. The fourth-order valence-corrected chi connectivity index (χ4v) is 3.09. The van der Waals surface area contributed by atoms with Gasteiger partial charge >= 0.3 is 5.97 Å². The van der Waals surface area contributed by atoms with Gasteiger partial charge in [-0.1, -0.05) is 12.5 Å². The molecular formula is C13H19NO3. The number of amides is 1. The Hall–Kier alpha value is -1.32. The van der Waals surface area contributed by atoms with E-state index in [4.69, 9.17) is 5.11 Å². The average molecular weight is 237 g/mol. The van der Waals surface area contributed by atoms with E-state index in [1.165, 1.54) is 6.08 Å². The summed E-state index contributed by atoms with van der Waals surface area (Å²) in [4.78, 5) is 24.7. The number of aliphatic carboxylic acids is 1. The van der Waals surface area contributed by atoms with Crippen molar-refractivity contribution in [1.29, 1.82) is 0 Å². The molecule has 2 rings (SSSR count). The van der Waals surface area contributed by atoms with Crippen molar-refractivity contribution in [3.8, 4) is 0 Å². The number of carboxylic acids is 1. The number of hydrogen-bond donors (Lipinski definition) is 1. The van der Waals surface area contributed by atoms with Crippen LogP contribution in [-0.4, -0.2) is 34.0 Å². The first-order chi connectivity index (χ1) is 8.11. The first-order valence-electron chi connectivity index (χ1n) is 6.35. The predicted molar refractivity (Wildman–Crippen MR) is 63.5 cm³/mol. The number of piperidine rings is 1. The molecule has 17 heavy (non-hydrogen) atoms. The number of carboxylic acid groups (broad SMARTS) is 1.